The molecule has 0 N–H and O–H groups in total. The van der Waals surface area contributed by atoms with Crippen LogP contribution in [0.2, 0.25) is 0 Å². The van der Waals surface area contributed by atoms with Crippen molar-refractivity contribution in [1.82, 2.24) is 9.47 Å². The Labute approximate surface area is 54.5 Å². The van der Waals surface area contributed by atoms with Crippen LogP contribution < -0.4 is 4.48 Å². The molecule has 0 saturated heterocycles. The fraction of sp³-hybridized carbons (Fsp3) is 0.500. The zero-order chi connectivity index (χ0) is 6.91. The van der Waals surface area contributed by atoms with Gasteiger partial charge in [-0.3, -0.25) is 4.48 Å². The lowest BCUT2D eigenvalue weighted by Gasteiger charge is -2.18. The van der Waals surface area contributed by atoms with Crippen molar-refractivity contribution in [1.29, 1.82) is 0 Å². The molecule has 0 unspecified atom stereocenters. The molecule has 1 aromatic heterocycles. The van der Waals surface area contributed by atoms with E-state index in [2.05, 4.69) is 4.98 Å². The van der Waals surface area contributed by atoms with Gasteiger partial charge in [-0.05, 0) is 0 Å². The van der Waals surface area contributed by atoms with Crippen LogP contribution in [0.15, 0.2) is 17.1 Å². The molecular formula is C6H11N2O+. The number of nitrogens with zero attached hydrogens (tertiary/aromatic N) is 2. The van der Waals surface area contributed by atoms with Gasteiger partial charge in [-0.1, -0.05) is 0 Å². The van der Waals surface area contributed by atoms with Crippen LogP contribution in [0, 0.1) is 0 Å². The van der Waals surface area contributed by atoms with E-state index in [-0.39, 0.29) is 0 Å². The molecule has 9 heavy (non-hydrogen) atoms. The minimum absolute atomic E-state index is 0.705. The molecule has 0 aromatic carbocycles. The first kappa shape index (κ1) is 6.29. The first-order valence-electron chi connectivity index (χ1n) is 2.81. The molecule has 50 valence electrons. The highest BCUT2D eigenvalue weighted by Crippen LogP contribution is 2.10. The van der Waals surface area contributed by atoms with E-state index in [0.717, 1.165) is 5.82 Å². The van der Waals surface area contributed by atoms with Gasteiger partial charge in [0.15, 0.2) is 12.7 Å². The zero-order valence-corrected chi connectivity index (χ0v) is 5.96. The molecule has 0 amide bonds. The van der Waals surface area contributed by atoms with E-state index < -0.39 is 0 Å². The molecule has 0 fully saturated rings. The molecule has 0 bridgehead atoms. The van der Waals surface area contributed by atoms with Crippen LogP contribution >= 0.6 is 0 Å². The van der Waals surface area contributed by atoms with Crippen LogP contribution in [0.1, 0.15) is 0 Å². The van der Waals surface area contributed by atoms with E-state index in [1.54, 1.807) is 6.26 Å². The number of oxazole rings is 1. The van der Waals surface area contributed by atoms with Crippen LogP contribution in [0.5, 0.6) is 0 Å². The summed E-state index contributed by atoms with van der Waals surface area (Å²) in [6.45, 7) is 0. The van der Waals surface area contributed by atoms with Gasteiger partial charge in [-0.2, -0.15) is 4.98 Å². The number of rotatable bonds is 1. The smallest absolute Gasteiger partial charge is 0.265 e. The Hall–Kier alpha value is -0.830. The van der Waals surface area contributed by atoms with E-state index in [4.69, 9.17) is 4.42 Å². The molecule has 0 aliphatic heterocycles. The predicted octanol–water partition coefficient (Wildman–Crippen LogP) is 0.871. The van der Waals surface area contributed by atoms with Crippen LogP contribution in [0.3, 0.4) is 0 Å². The summed E-state index contributed by atoms with van der Waals surface area (Å²) in [5.41, 5.74) is 0. The maximum absolute atomic E-state index is 4.81. The van der Waals surface area contributed by atoms with E-state index >= 15 is 0 Å². The van der Waals surface area contributed by atoms with E-state index in [1.165, 1.54) is 6.39 Å². The number of hydrogen-bond donors (Lipinski definition) is 0. The molecule has 1 aromatic rings. The average molecular weight is 127 g/mol. The van der Waals surface area contributed by atoms with Crippen molar-refractivity contribution in [3.05, 3.63) is 12.7 Å². The van der Waals surface area contributed by atoms with Crippen LogP contribution in [0.25, 0.3) is 0 Å². The monoisotopic (exact) mass is 127 g/mol. The highest BCUT2D eigenvalue weighted by molar-refractivity contribution is 5.25. The van der Waals surface area contributed by atoms with Crippen molar-refractivity contribution in [2.45, 2.75) is 0 Å². The molecule has 1 heterocycles. The quantitative estimate of drug-likeness (QED) is 0.523. The Balaban J connectivity index is 2.90. The molecular weight excluding hydrogens is 116 g/mol. The summed E-state index contributed by atoms with van der Waals surface area (Å²) in [6, 6.07) is 0. The summed E-state index contributed by atoms with van der Waals surface area (Å²) < 4.78 is 5.52. The lowest BCUT2D eigenvalue weighted by molar-refractivity contribution is 0.469. The second kappa shape index (κ2) is 1.84. The third-order valence-electron chi connectivity index (χ3n) is 1.11. The Kier molecular flexibility index (Phi) is 1.29. The largest absolute Gasteiger partial charge is 0.445 e. The number of aromatic nitrogens is 1. The Bertz CT molecular complexity index is 173. The summed E-state index contributed by atoms with van der Waals surface area (Å²) in [4.78, 5) is 3.99. The van der Waals surface area contributed by atoms with Crippen LogP contribution in [-0.4, -0.2) is 26.1 Å². The van der Waals surface area contributed by atoms with Crippen molar-refractivity contribution in [3.63, 3.8) is 0 Å². The Morgan fingerprint density at radius 2 is 2.11 bits per heavy atom. The van der Waals surface area contributed by atoms with Crippen molar-refractivity contribution >= 4 is 5.82 Å². The molecule has 0 saturated carbocycles. The van der Waals surface area contributed by atoms with Gasteiger partial charge in [0.1, 0.15) is 0 Å². The third kappa shape index (κ3) is 1.29. The molecule has 0 aliphatic carbocycles. The maximum Gasteiger partial charge on any atom is 0.265 e. The van der Waals surface area contributed by atoms with Crippen molar-refractivity contribution in [3.8, 4) is 0 Å². The second-order valence-corrected chi connectivity index (χ2v) is 2.86. The van der Waals surface area contributed by atoms with Crippen LogP contribution in [-0.2, 0) is 0 Å². The molecule has 3 nitrogen and oxygen atoms in total. The van der Waals surface area contributed by atoms with Crippen molar-refractivity contribution in [2.75, 3.05) is 21.1 Å². The summed E-state index contributed by atoms with van der Waals surface area (Å²) in [5.74, 6) is 0.940. The minimum atomic E-state index is 0.705. The van der Waals surface area contributed by atoms with E-state index in [0.29, 0.717) is 4.48 Å². The van der Waals surface area contributed by atoms with Gasteiger partial charge in [0.2, 0.25) is 0 Å². The Morgan fingerprint density at radius 1 is 1.44 bits per heavy atom. The molecule has 0 atom stereocenters. The fourth-order valence-corrected chi connectivity index (χ4v) is 0.537. The minimum Gasteiger partial charge on any atom is -0.445 e. The van der Waals surface area contributed by atoms with E-state index in [1.807, 2.05) is 21.1 Å². The van der Waals surface area contributed by atoms with Crippen molar-refractivity contribution < 1.29 is 4.42 Å². The van der Waals surface area contributed by atoms with Gasteiger partial charge in [0.25, 0.3) is 5.82 Å². The van der Waals surface area contributed by atoms with Crippen LogP contribution in [0.4, 0.5) is 5.82 Å². The number of quaternary nitrogens is 1. The van der Waals surface area contributed by atoms with Gasteiger partial charge >= 0.3 is 0 Å². The molecule has 0 radical (unpaired) electrons. The first-order valence-corrected chi connectivity index (χ1v) is 2.81. The fourth-order valence-electron chi connectivity index (χ4n) is 0.537. The maximum atomic E-state index is 4.81. The summed E-state index contributed by atoms with van der Waals surface area (Å²) in [7, 11) is 6.12. The highest BCUT2D eigenvalue weighted by Gasteiger charge is 2.13. The summed E-state index contributed by atoms with van der Waals surface area (Å²) >= 11 is 0. The van der Waals surface area contributed by atoms with Gasteiger partial charge in [-0.25, -0.2) is 0 Å². The van der Waals surface area contributed by atoms with Gasteiger partial charge in [-0.15, -0.1) is 0 Å². The Morgan fingerprint density at radius 3 is 2.33 bits per heavy atom. The first-order chi connectivity index (χ1) is 4.11. The summed E-state index contributed by atoms with van der Waals surface area (Å²) in [6.07, 6.45) is 3.10. The third-order valence-corrected chi connectivity index (χ3v) is 1.11. The molecule has 3 heteroatoms. The number of hydrogen-bond acceptors (Lipinski definition) is 2. The van der Waals surface area contributed by atoms with Gasteiger partial charge in [0.05, 0.1) is 21.1 Å². The molecule has 0 aliphatic rings. The van der Waals surface area contributed by atoms with Gasteiger partial charge in [0, 0.05) is 0 Å². The highest BCUT2D eigenvalue weighted by atomic mass is 16.3. The van der Waals surface area contributed by atoms with Gasteiger partial charge < -0.3 is 4.42 Å². The topological polar surface area (TPSA) is 26.0 Å². The normalized spacial score (nSPS) is 11.9. The standard InChI is InChI=1S/C6H11N2O/c1-8(2,3)6-4-9-5-7-6/h4-5H,1-3H3/q+1. The average Bonchev–Trinajstić information content (AvgIpc) is 2.08. The lowest BCUT2D eigenvalue weighted by Crippen LogP contribution is -2.34. The summed E-state index contributed by atoms with van der Waals surface area (Å²) in [5, 5.41) is 0. The van der Waals surface area contributed by atoms with Crippen molar-refractivity contribution in [2.24, 2.45) is 0 Å². The molecule has 1 rings (SSSR count). The predicted molar refractivity (Wildman–Crippen MR) is 36.1 cm³/mol. The lowest BCUT2D eigenvalue weighted by atomic mass is 10.6. The molecule has 0 spiro atoms. The van der Waals surface area contributed by atoms with E-state index in [9.17, 15) is 0 Å². The second-order valence-electron chi connectivity index (χ2n) is 2.86. The zero-order valence-electron chi connectivity index (χ0n) is 5.96. The SMILES string of the molecule is C[N+](C)(C)c1cocn1.